The number of unbranched alkanes of at least 4 members (excludes halogenated alkanes) is 12. The summed E-state index contributed by atoms with van der Waals surface area (Å²) < 4.78 is 11.8. The highest BCUT2D eigenvalue weighted by atomic mass is 16.5. The predicted molar refractivity (Wildman–Crippen MR) is 129 cm³/mol. The van der Waals surface area contributed by atoms with Crippen LogP contribution in [0.4, 0.5) is 0 Å². The summed E-state index contributed by atoms with van der Waals surface area (Å²) in [5.41, 5.74) is 0. The number of hydrogen-bond donors (Lipinski definition) is 0. The van der Waals surface area contributed by atoms with Crippen molar-refractivity contribution >= 4 is 0 Å². The lowest BCUT2D eigenvalue weighted by atomic mass is 10.1. The Kier molecular flexibility index (Phi) is 22.0. The molecule has 0 fully saturated rings. The molecule has 3 nitrogen and oxygen atoms in total. The first-order valence-corrected chi connectivity index (χ1v) is 12.6. The van der Waals surface area contributed by atoms with Gasteiger partial charge in [-0.15, -0.1) is 0 Å². The van der Waals surface area contributed by atoms with Gasteiger partial charge in [0.05, 0.1) is 18.8 Å². The second kappa shape index (κ2) is 22.3. The molecule has 29 heavy (non-hydrogen) atoms. The Hall–Kier alpha value is -0.380. The quantitative estimate of drug-likeness (QED) is 0.137. The normalized spacial score (nSPS) is 13.2. The molecule has 174 valence electrons. The fraction of sp³-hybridized carbons (Fsp3) is 0.923. The highest BCUT2D eigenvalue weighted by Gasteiger charge is 2.12. The van der Waals surface area contributed by atoms with E-state index < -0.39 is 0 Å². The van der Waals surface area contributed by atoms with Gasteiger partial charge in [-0.1, -0.05) is 76.9 Å². The van der Waals surface area contributed by atoms with Gasteiger partial charge in [-0.25, -0.2) is 0 Å². The molecular weight excluding hydrogens is 358 g/mol. The molecule has 0 spiro atoms. The first-order chi connectivity index (χ1) is 14.1. The monoisotopic (exact) mass is 411 g/mol. The number of allylic oxidation sites excluding steroid dienone is 2. The second-order valence-electron chi connectivity index (χ2n) is 9.08. The minimum absolute atomic E-state index is 0.180. The van der Waals surface area contributed by atoms with E-state index >= 15 is 0 Å². The Bertz CT molecular complexity index is 332. The van der Waals surface area contributed by atoms with E-state index in [9.17, 15) is 0 Å². The number of nitrogens with zero attached hydrogens (tertiary/aromatic N) is 1. The SMILES string of the molecule is CCCCCCCC/C=C\CCCCCCCCOCC(CN(C)C)OC(C)C. The molecule has 1 unspecified atom stereocenters. The highest BCUT2D eigenvalue weighted by molar-refractivity contribution is 4.81. The third-order valence-electron chi connectivity index (χ3n) is 5.14. The van der Waals surface area contributed by atoms with Gasteiger partial charge in [0, 0.05) is 13.2 Å². The molecule has 0 bridgehead atoms. The van der Waals surface area contributed by atoms with Crippen molar-refractivity contribution in [2.45, 2.75) is 123 Å². The van der Waals surface area contributed by atoms with Gasteiger partial charge in [0.1, 0.15) is 0 Å². The van der Waals surface area contributed by atoms with E-state index in [2.05, 4.69) is 51.9 Å². The smallest absolute Gasteiger partial charge is 0.0938 e. The van der Waals surface area contributed by atoms with Gasteiger partial charge in [0.25, 0.3) is 0 Å². The van der Waals surface area contributed by atoms with Crippen molar-refractivity contribution in [1.29, 1.82) is 0 Å². The first kappa shape index (κ1) is 28.6. The zero-order valence-electron chi connectivity index (χ0n) is 20.6. The molecule has 0 aromatic rings. The average Bonchev–Trinajstić information content (AvgIpc) is 2.66. The second-order valence-corrected chi connectivity index (χ2v) is 9.08. The van der Waals surface area contributed by atoms with E-state index in [1.807, 2.05) is 0 Å². The van der Waals surface area contributed by atoms with Gasteiger partial charge in [-0.3, -0.25) is 0 Å². The van der Waals surface area contributed by atoms with Crippen LogP contribution in [0.3, 0.4) is 0 Å². The third-order valence-corrected chi connectivity index (χ3v) is 5.14. The van der Waals surface area contributed by atoms with E-state index in [1.54, 1.807) is 0 Å². The standard InChI is InChI=1S/C26H53NO2/c1-6-7-8-9-10-11-12-13-14-15-16-17-18-19-20-21-22-28-24-26(23-27(4)5)29-25(2)3/h13-14,25-26H,6-12,15-24H2,1-5H3/b14-13-. The maximum Gasteiger partial charge on any atom is 0.0938 e. The molecule has 0 aromatic heterocycles. The molecule has 0 aliphatic rings. The van der Waals surface area contributed by atoms with Crippen molar-refractivity contribution in [1.82, 2.24) is 4.90 Å². The zero-order chi connectivity index (χ0) is 21.6. The zero-order valence-corrected chi connectivity index (χ0v) is 20.6. The maximum atomic E-state index is 5.92. The van der Waals surface area contributed by atoms with Gasteiger partial charge in [-0.2, -0.15) is 0 Å². The van der Waals surface area contributed by atoms with Crippen LogP contribution >= 0.6 is 0 Å². The van der Waals surface area contributed by atoms with Gasteiger partial charge < -0.3 is 14.4 Å². The summed E-state index contributed by atoms with van der Waals surface area (Å²) in [4.78, 5) is 2.17. The van der Waals surface area contributed by atoms with Crippen LogP contribution in [0.1, 0.15) is 111 Å². The summed E-state index contributed by atoms with van der Waals surface area (Å²) in [6.07, 6.45) is 24.1. The van der Waals surface area contributed by atoms with E-state index in [1.165, 1.54) is 89.9 Å². The lowest BCUT2D eigenvalue weighted by Gasteiger charge is -2.23. The van der Waals surface area contributed by atoms with E-state index in [-0.39, 0.29) is 12.2 Å². The summed E-state index contributed by atoms with van der Waals surface area (Å²) >= 11 is 0. The van der Waals surface area contributed by atoms with Crippen LogP contribution in [0.15, 0.2) is 12.2 Å². The van der Waals surface area contributed by atoms with Gasteiger partial charge in [0.15, 0.2) is 0 Å². The molecule has 0 N–H and O–H groups in total. The molecule has 0 radical (unpaired) electrons. The minimum atomic E-state index is 0.180. The molecule has 0 rings (SSSR count). The third kappa shape index (κ3) is 23.8. The van der Waals surface area contributed by atoms with Crippen molar-refractivity contribution < 1.29 is 9.47 Å². The number of rotatable bonds is 22. The summed E-state index contributed by atoms with van der Waals surface area (Å²) in [5, 5.41) is 0. The van der Waals surface area contributed by atoms with Crippen molar-refractivity contribution in [3.63, 3.8) is 0 Å². The molecular formula is C26H53NO2. The first-order valence-electron chi connectivity index (χ1n) is 12.6. The molecule has 0 aliphatic heterocycles. The van der Waals surface area contributed by atoms with Crippen molar-refractivity contribution in [2.24, 2.45) is 0 Å². The van der Waals surface area contributed by atoms with E-state index in [0.29, 0.717) is 6.61 Å². The van der Waals surface area contributed by atoms with Crippen LogP contribution in [0.2, 0.25) is 0 Å². The molecule has 0 amide bonds. The van der Waals surface area contributed by atoms with Gasteiger partial charge in [0.2, 0.25) is 0 Å². The molecule has 0 saturated heterocycles. The highest BCUT2D eigenvalue weighted by Crippen LogP contribution is 2.10. The largest absolute Gasteiger partial charge is 0.379 e. The van der Waals surface area contributed by atoms with Crippen LogP contribution in [-0.4, -0.2) is 51.0 Å². The Balaban J connectivity index is 3.35. The number of ether oxygens (including phenoxy) is 2. The van der Waals surface area contributed by atoms with Crippen molar-refractivity contribution in [3.8, 4) is 0 Å². The summed E-state index contributed by atoms with van der Waals surface area (Å²) in [6.45, 7) is 8.96. The summed E-state index contributed by atoms with van der Waals surface area (Å²) in [6, 6.07) is 0. The molecule has 1 atom stereocenters. The Morgan fingerprint density at radius 2 is 1.24 bits per heavy atom. The molecule has 0 saturated carbocycles. The molecule has 0 aromatic carbocycles. The lowest BCUT2D eigenvalue weighted by Crippen LogP contribution is -2.34. The van der Waals surface area contributed by atoms with Crippen LogP contribution < -0.4 is 0 Å². The van der Waals surface area contributed by atoms with E-state index in [4.69, 9.17) is 9.47 Å². The molecule has 0 aliphatic carbocycles. The van der Waals surface area contributed by atoms with Crippen LogP contribution in [0, 0.1) is 0 Å². The topological polar surface area (TPSA) is 21.7 Å². The number of likely N-dealkylation sites (N-methyl/N-ethyl adjacent to an activating group) is 1. The molecule has 3 heteroatoms. The summed E-state index contributed by atoms with van der Waals surface area (Å²) in [7, 11) is 4.17. The molecule has 0 heterocycles. The fourth-order valence-corrected chi connectivity index (χ4v) is 3.59. The average molecular weight is 412 g/mol. The lowest BCUT2D eigenvalue weighted by molar-refractivity contribution is -0.0537. The van der Waals surface area contributed by atoms with Crippen molar-refractivity contribution in [2.75, 3.05) is 33.9 Å². The maximum absolute atomic E-state index is 5.92. The van der Waals surface area contributed by atoms with Gasteiger partial charge in [-0.05, 0) is 60.0 Å². The fourth-order valence-electron chi connectivity index (χ4n) is 3.59. The van der Waals surface area contributed by atoms with Crippen LogP contribution in [0.25, 0.3) is 0 Å². The minimum Gasteiger partial charge on any atom is -0.379 e. The number of hydrogen-bond acceptors (Lipinski definition) is 3. The van der Waals surface area contributed by atoms with Gasteiger partial charge >= 0.3 is 0 Å². The Labute approximate surface area is 183 Å². The Morgan fingerprint density at radius 3 is 1.76 bits per heavy atom. The predicted octanol–water partition coefficient (Wildman–Crippen LogP) is 7.40. The summed E-state index contributed by atoms with van der Waals surface area (Å²) in [5.74, 6) is 0. The van der Waals surface area contributed by atoms with Crippen molar-refractivity contribution in [3.05, 3.63) is 12.2 Å². The van der Waals surface area contributed by atoms with Crippen LogP contribution in [-0.2, 0) is 9.47 Å². The Morgan fingerprint density at radius 1 is 0.724 bits per heavy atom. The van der Waals surface area contributed by atoms with Crippen LogP contribution in [0.5, 0.6) is 0 Å². The van der Waals surface area contributed by atoms with E-state index in [0.717, 1.165) is 13.2 Å².